The topological polar surface area (TPSA) is 96.0 Å². The van der Waals surface area contributed by atoms with Crippen molar-refractivity contribution < 1.29 is 27.1 Å². The quantitative estimate of drug-likeness (QED) is 0.473. The molecular formula is C27H36FN3O5S. The Hall–Kier alpha value is -3.14. The molecule has 8 nitrogen and oxygen atoms in total. The zero-order valence-electron chi connectivity index (χ0n) is 21.7. The molecule has 1 fully saturated rings. The summed E-state index contributed by atoms with van der Waals surface area (Å²) in [4.78, 5) is 28.5. The van der Waals surface area contributed by atoms with Gasteiger partial charge in [0.25, 0.3) is 0 Å². The molecular weight excluding hydrogens is 497 g/mol. The molecule has 1 unspecified atom stereocenters. The molecule has 1 atom stereocenters. The Bertz CT molecular complexity index is 1170. The van der Waals surface area contributed by atoms with E-state index in [1.165, 1.54) is 30.2 Å². The fraction of sp³-hybridized carbons (Fsp3) is 0.481. The molecule has 10 heteroatoms. The monoisotopic (exact) mass is 533 g/mol. The van der Waals surface area contributed by atoms with Gasteiger partial charge in [-0.15, -0.1) is 0 Å². The molecule has 1 saturated carbocycles. The number of amides is 2. The highest BCUT2D eigenvalue weighted by atomic mass is 32.2. The van der Waals surface area contributed by atoms with Crippen LogP contribution in [0.2, 0.25) is 0 Å². The Kier molecular flexibility index (Phi) is 9.91. The number of anilines is 1. The Morgan fingerprint density at radius 3 is 2.38 bits per heavy atom. The Balaban J connectivity index is 1.91. The second-order valence-corrected chi connectivity index (χ2v) is 11.3. The van der Waals surface area contributed by atoms with Crippen molar-refractivity contribution in [3.8, 4) is 5.75 Å². The van der Waals surface area contributed by atoms with Crippen LogP contribution in [0.1, 0.15) is 51.0 Å². The van der Waals surface area contributed by atoms with Crippen LogP contribution >= 0.6 is 0 Å². The van der Waals surface area contributed by atoms with Gasteiger partial charge in [0.2, 0.25) is 21.8 Å². The molecule has 2 aromatic rings. The number of ether oxygens (including phenoxy) is 1. The lowest BCUT2D eigenvalue weighted by Crippen LogP contribution is -2.53. The molecule has 0 spiro atoms. The average Bonchev–Trinajstić information content (AvgIpc) is 2.88. The summed E-state index contributed by atoms with van der Waals surface area (Å²) in [5, 5.41) is 3.09. The van der Waals surface area contributed by atoms with E-state index in [-0.39, 0.29) is 24.2 Å². The lowest BCUT2D eigenvalue weighted by Gasteiger charge is -2.34. The summed E-state index contributed by atoms with van der Waals surface area (Å²) >= 11 is 0. The normalized spacial score (nSPS) is 15.0. The van der Waals surface area contributed by atoms with Gasteiger partial charge in [0.05, 0.1) is 19.1 Å². The summed E-state index contributed by atoms with van der Waals surface area (Å²) < 4.78 is 45.2. The van der Waals surface area contributed by atoms with E-state index in [0.717, 1.165) is 42.7 Å². The lowest BCUT2D eigenvalue weighted by molar-refractivity contribution is -0.140. The molecule has 202 valence electrons. The number of hydrogen-bond donors (Lipinski definition) is 1. The van der Waals surface area contributed by atoms with Crippen molar-refractivity contribution in [2.45, 2.75) is 64.1 Å². The number of rotatable bonds is 11. The predicted molar refractivity (Wildman–Crippen MR) is 141 cm³/mol. The van der Waals surface area contributed by atoms with Gasteiger partial charge in [0.1, 0.15) is 24.2 Å². The molecule has 0 heterocycles. The van der Waals surface area contributed by atoms with Crippen molar-refractivity contribution in [2.24, 2.45) is 0 Å². The number of methoxy groups -OCH3 is 1. The van der Waals surface area contributed by atoms with E-state index in [4.69, 9.17) is 4.74 Å². The molecule has 37 heavy (non-hydrogen) atoms. The molecule has 2 aromatic carbocycles. The second kappa shape index (κ2) is 12.9. The van der Waals surface area contributed by atoms with Crippen molar-refractivity contribution in [3.63, 3.8) is 0 Å². The number of carbonyl (C=O) groups excluding carboxylic acids is 2. The van der Waals surface area contributed by atoms with Gasteiger partial charge >= 0.3 is 0 Å². The number of hydrogen-bond acceptors (Lipinski definition) is 5. The Morgan fingerprint density at radius 2 is 1.78 bits per heavy atom. The lowest BCUT2D eigenvalue weighted by atomic mass is 9.95. The third kappa shape index (κ3) is 7.92. The van der Waals surface area contributed by atoms with Crippen LogP contribution < -0.4 is 14.4 Å². The van der Waals surface area contributed by atoms with Gasteiger partial charge in [-0.3, -0.25) is 13.9 Å². The smallest absolute Gasteiger partial charge is 0.244 e. The third-order valence-corrected chi connectivity index (χ3v) is 7.76. The van der Waals surface area contributed by atoms with E-state index in [0.29, 0.717) is 17.7 Å². The summed E-state index contributed by atoms with van der Waals surface area (Å²) in [6.45, 7) is 1.35. The van der Waals surface area contributed by atoms with Crippen molar-refractivity contribution >= 4 is 27.5 Å². The van der Waals surface area contributed by atoms with Crippen LogP contribution in [0.25, 0.3) is 0 Å². The number of benzene rings is 2. The van der Waals surface area contributed by atoms with E-state index in [1.54, 1.807) is 30.3 Å². The maximum Gasteiger partial charge on any atom is 0.244 e. The minimum atomic E-state index is -3.85. The van der Waals surface area contributed by atoms with Crippen LogP contribution in [0, 0.1) is 5.82 Å². The minimum Gasteiger partial charge on any atom is -0.497 e. The zero-order chi connectivity index (χ0) is 27.0. The van der Waals surface area contributed by atoms with Gasteiger partial charge in [-0.2, -0.15) is 0 Å². The summed E-state index contributed by atoms with van der Waals surface area (Å²) in [6, 6.07) is 11.4. The Morgan fingerprint density at radius 1 is 1.11 bits per heavy atom. The molecule has 3 rings (SSSR count). The highest BCUT2D eigenvalue weighted by Gasteiger charge is 2.33. The van der Waals surface area contributed by atoms with Gasteiger partial charge in [-0.1, -0.05) is 44.4 Å². The first-order valence-corrected chi connectivity index (χ1v) is 14.4. The molecule has 1 aliphatic rings. The molecule has 0 radical (unpaired) electrons. The molecule has 0 aliphatic heterocycles. The number of halogens is 1. The van der Waals surface area contributed by atoms with Crippen molar-refractivity contribution in [1.29, 1.82) is 0 Å². The first-order valence-electron chi connectivity index (χ1n) is 12.6. The van der Waals surface area contributed by atoms with Gasteiger partial charge in [0.15, 0.2) is 0 Å². The molecule has 0 bridgehead atoms. The van der Waals surface area contributed by atoms with Gasteiger partial charge in [-0.25, -0.2) is 12.8 Å². The highest BCUT2D eigenvalue weighted by Crippen LogP contribution is 2.24. The third-order valence-electron chi connectivity index (χ3n) is 6.62. The Labute approximate surface area is 218 Å². The van der Waals surface area contributed by atoms with Crippen molar-refractivity contribution in [1.82, 2.24) is 10.2 Å². The van der Waals surface area contributed by atoms with Gasteiger partial charge in [-0.05, 0) is 49.1 Å². The maximum atomic E-state index is 13.7. The highest BCUT2D eigenvalue weighted by molar-refractivity contribution is 7.92. The number of carbonyl (C=O) groups is 2. The van der Waals surface area contributed by atoms with Crippen LogP contribution in [0.4, 0.5) is 10.1 Å². The van der Waals surface area contributed by atoms with Crippen molar-refractivity contribution in [2.75, 3.05) is 24.2 Å². The van der Waals surface area contributed by atoms with Crippen LogP contribution in [0.15, 0.2) is 48.5 Å². The van der Waals surface area contributed by atoms with Crippen LogP contribution in [-0.2, 0) is 26.2 Å². The molecule has 0 aromatic heterocycles. The fourth-order valence-corrected chi connectivity index (χ4v) is 5.47. The standard InChI is InChI=1S/C27H36FN3O5S/c1-4-25(27(33)29-22-9-6-5-7-10-22)30(18-20-13-15-21(28)16-14-20)26(32)19-31(37(3,34)35)23-11-8-12-24(17-23)36-2/h8,11-17,22,25H,4-7,9-10,18-19H2,1-3H3,(H,29,33). The fourth-order valence-electron chi connectivity index (χ4n) is 4.63. The predicted octanol–water partition coefficient (Wildman–Crippen LogP) is 3.86. The average molecular weight is 534 g/mol. The number of nitrogens with zero attached hydrogens (tertiary/aromatic N) is 2. The molecule has 1 N–H and O–H groups in total. The second-order valence-electron chi connectivity index (χ2n) is 9.39. The zero-order valence-corrected chi connectivity index (χ0v) is 22.5. The van der Waals surface area contributed by atoms with Crippen LogP contribution in [0.3, 0.4) is 0 Å². The van der Waals surface area contributed by atoms with E-state index in [1.807, 2.05) is 6.92 Å². The first-order chi connectivity index (χ1) is 17.6. The van der Waals surface area contributed by atoms with Gasteiger partial charge < -0.3 is 15.0 Å². The maximum absolute atomic E-state index is 13.7. The largest absolute Gasteiger partial charge is 0.497 e. The number of sulfonamides is 1. The molecule has 0 saturated heterocycles. The molecule has 1 aliphatic carbocycles. The summed E-state index contributed by atoms with van der Waals surface area (Å²) in [5.41, 5.74) is 0.905. The van der Waals surface area contributed by atoms with E-state index in [2.05, 4.69) is 5.32 Å². The van der Waals surface area contributed by atoms with E-state index in [9.17, 15) is 22.4 Å². The molecule has 2 amide bonds. The first kappa shape index (κ1) is 28.4. The van der Waals surface area contributed by atoms with Crippen LogP contribution in [-0.4, -0.2) is 57.1 Å². The summed E-state index contributed by atoms with van der Waals surface area (Å²) in [6.07, 6.45) is 6.39. The van der Waals surface area contributed by atoms with E-state index < -0.39 is 34.3 Å². The number of nitrogens with one attached hydrogen (secondary N) is 1. The van der Waals surface area contributed by atoms with Gasteiger partial charge in [0, 0.05) is 18.7 Å². The summed E-state index contributed by atoms with van der Waals surface area (Å²) in [7, 11) is -2.38. The summed E-state index contributed by atoms with van der Waals surface area (Å²) in [5.74, 6) is -0.773. The van der Waals surface area contributed by atoms with Crippen molar-refractivity contribution in [3.05, 3.63) is 59.9 Å². The minimum absolute atomic E-state index is 0.0332. The van der Waals surface area contributed by atoms with Crippen LogP contribution in [0.5, 0.6) is 5.75 Å². The SMILES string of the molecule is CCC(C(=O)NC1CCCCC1)N(Cc1ccc(F)cc1)C(=O)CN(c1cccc(OC)c1)S(C)(=O)=O. The van der Waals surface area contributed by atoms with E-state index >= 15 is 0 Å².